The van der Waals surface area contributed by atoms with Crippen LogP contribution >= 0.6 is 0 Å². The highest BCUT2D eigenvalue weighted by atomic mass is 16.5. The van der Waals surface area contributed by atoms with Gasteiger partial charge in [-0.25, -0.2) is 0 Å². The predicted molar refractivity (Wildman–Crippen MR) is 84.8 cm³/mol. The molecule has 0 atom stereocenters. The second-order valence-corrected chi connectivity index (χ2v) is 5.38. The molecule has 3 nitrogen and oxygen atoms in total. The Balaban J connectivity index is 1.98. The molecule has 0 heterocycles. The molecule has 3 rings (SSSR count). The van der Waals surface area contributed by atoms with Gasteiger partial charge in [-0.2, -0.15) is 0 Å². The van der Waals surface area contributed by atoms with Crippen molar-refractivity contribution in [2.24, 2.45) is 0 Å². The number of hydrogen-bond acceptors (Lipinski definition) is 3. The van der Waals surface area contributed by atoms with Gasteiger partial charge in [0.05, 0.1) is 14.2 Å². The summed E-state index contributed by atoms with van der Waals surface area (Å²) < 4.78 is 10.9. The normalized spacial score (nSPS) is 14.0. The molecule has 0 bridgehead atoms. The molecular weight excluding hydrogens is 262 g/mol. The molecule has 1 fully saturated rings. The van der Waals surface area contributed by atoms with Crippen LogP contribution in [0, 0.1) is 0 Å². The van der Waals surface area contributed by atoms with Gasteiger partial charge >= 0.3 is 0 Å². The van der Waals surface area contributed by atoms with E-state index in [0.29, 0.717) is 6.04 Å². The Hall–Kier alpha value is -2.00. The Kier molecular flexibility index (Phi) is 4.11. The molecule has 0 spiro atoms. The van der Waals surface area contributed by atoms with Gasteiger partial charge in [0.15, 0.2) is 0 Å². The molecule has 110 valence electrons. The third kappa shape index (κ3) is 3.19. The van der Waals surface area contributed by atoms with Gasteiger partial charge in [0, 0.05) is 18.2 Å². The smallest absolute Gasteiger partial charge is 0.126 e. The van der Waals surface area contributed by atoms with Crippen LogP contribution in [0.4, 0.5) is 0 Å². The van der Waals surface area contributed by atoms with E-state index in [1.54, 1.807) is 14.2 Å². The summed E-state index contributed by atoms with van der Waals surface area (Å²) in [6.45, 7) is 0.856. The highest BCUT2D eigenvalue weighted by Crippen LogP contribution is 2.34. The van der Waals surface area contributed by atoms with Crippen LogP contribution < -0.4 is 14.8 Å². The van der Waals surface area contributed by atoms with E-state index in [-0.39, 0.29) is 0 Å². The van der Waals surface area contributed by atoms with Crippen molar-refractivity contribution in [3.8, 4) is 22.6 Å². The van der Waals surface area contributed by atoms with Gasteiger partial charge in [0.2, 0.25) is 0 Å². The molecule has 0 amide bonds. The van der Waals surface area contributed by atoms with Crippen molar-refractivity contribution < 1.29 is 9.47 Å². The zero-order chi connectivity index (χ0) is 14.7. The quantitative estimate of drug-likeness (QED) is 0.878. The van der Waals surface area contributed by atoms with E-state index >= 15 is 0 Å². The second-order valence-electron chi connectivity index (χ2n) is 5.38. The summed E-state index contributed by atoms with van der Waals surface area (Å²) in [5, 5.41) is 3.58. The van der Waals surface area contributed by atoms with Crippen LogP contribution in [-0.4, -0.2) is 20.3 Å². The van der Waals surface area contributed by atoms with Crippen LogP contribution in [0.3, 0.4) is 0 Å². The Morgan fingerprint density at radius 3 is 2.52 bits per heavy atom. The van der Waals surface area contributed by atoms with Crippen LogP contribution in [0.2, 0.25) is 0 Å². The lowest BCUT2D eigenvalue weighted by Crippen LogP contribution is -2.16. The van der Waals surface area contributed by atoms with Crippen LogP contribution in [0.5, 0.6) is 11.5 Å². The van der Waals surface area contributed by atoms with Crippen LogP contribution in [0.1, 0.15) is 18.4 Å². The summed E-state index contributed by atoms with van der Waals surface area (Å²) in [5.41, 5.74) is 3.56. The average molecular weight is 283 g/mol. The molecule has 2 aromatic carbocycles. The zero-order valence-corrected chi connectivity index (χ0v) is 12.6. The fraction of sp³-hybridized carbons (Fsp3) is 0.333. The lowest BCUT2D eigenvalue weighted by molar-refractivity contribution is 0.413. The minimum absolute atomic E-state index is 0.682. The SMILES string of the molecule is COc1ccc(-c2ccccc2OC)c(CNC2CC2)c1. The lowest BCUT2D eigenvalue weighted by Gasteiger charge is -2.15. The molecule has 2 aromatic rings. The fourth-order valence-corrected chi connectivity index (χ4v) is 2.51. The maximum atomic E-state index is 5.50. The molecule has 0 unspecified atom stereocenters. The highest BCUT2D eigenvalue weighted by molar-refractivity contribution is 5.74. The first-order valence-corrected chi connectivity index (χ1v) is 7.35. The second kappa shape index (κ2) is 6.19. The maximum absolute atomic E-state index is 5.50. The summed E-state index contributed by atoms with van der Waals surface area (Å²) in [5.74, 6) is 1.79. The molecule has 1 saturated carbocycles. The van der Waals surface area contributed by atoms with E-state index in [1.165, 1.54) is 24.0 Å². The van der Waals surface area contributed by atoms with Crippen molar-refractivity contribution in [3.63, 3.8) is 0 Å². The lowest BCUT2D eigenvalue weighted by atomic mass is 9.98. The van der Waals surface area contributed by atoms with Crippen molar-refractivity contribution in [1.29, 1.82) is 0 Å². The summed E-state index contributed by atoms with van der Waals surface area (Å²) in [7, 11) is 3.42. The Labute approximate surface area is 125 Å². The van der Waals surface area contributed by atoms with Gasteiger partial charge in [-0.15, -0.1) is 0 Å². The van der Waals surface area contributed by atoms with E-state index in [2.05, 4.69) is 23.5 Å². The van der Waals surface area contributed by atoms with Crippen LogP contribution in [0.15, 0.2) is 42.5 Å². The van der Waals surface area contributed by atoms with Gasteiger partial charge in [0.25, 0.3) is 0 Å². The summed E-state index contributed by atoms with van der Waals surface area (Å²) >= 11 is 0. The fourth-order valence-electron chi connectivity index (χ4n) is 2.51. The number of rotatable bonds is 6. The topological polar surface area (TPSA) is 30.5 Å². The van der Waals surface area contributed by atoms with E-state index in [1.807, 2.05) is 24.3 Å². The summed E-state index contributed by atoms with van der Waals surface area (Å²) in [4.78, 5) is 0. The van der Waals surface area contributed by atoms with Crippen LogP contribution in [0.25, 0.3) is 11.1 Å². The van der Waals surface area contributed by atoms with Crippen molar-refractivity contribution in [2.45, 2.75) is 25.4 Å². The van der Waals surface area contributed by atoms with Crippen molar-refractivity contribution >= 4 is 0 Å². The molecule has 1 N–H and O–H groups in total. The molecule has 0 radical (unpaired) electrons. The van der Waals surface area contributed by atoms with Crippen LogP contribution in [-0.2, 0) is 6.54 Å². The first kappa shape index (κ1) is 14.0. The van der Waals surface area contributed by atoms with Gasteiger partial charge in [-0.3, -0.25) is 0 Å². The molecule has 0 aliphatic heterocycles. The highest BCUT2D eigenvalue weighted by Gasteiger charge is 2.21. The van der Waals surface area contributed by atoms with E-state index < -0.39 is 0 Å². The van der Waals surface area contributed by atoms with E-state index in [0.717, 1.165) is 23.6 Å². The minimum Gasteiger partial charge on any atom is -0.497 e. The number of methoxy groups -OCH3 is 2. The Morgan fingerprint density at radius 1 is 1.00 bits per heavy atom. The van der Waals surface area contributed by atoms with E-state index in [9.17, 15) is 0 Å². The van der Waals surface area contributed by atoms with Crippen molar-refractivity contribution in [1.82, 2.24) is 5.32 Å². The predicted octanol–water partition coefficient (Wildman–Crippen LogP) is 3.62. The number of nitrogens with one attached hydrogen (secondary N) is 1. The number of para-hydroxylation sites is 1. The average Bonchev–Trinajstić information content (AvgIpc) is 3.37. The summed E-state index contributed by atoms with van der Waals surface area (Å²) in [6.07, 6.45) is 2.57. The maximum Gasteiger partial charge on any atom is 0.126 e. The van der Waals surface area contributed by atoms with Gasteiger partial charge in [0.1, 0.15) is 11.5 Å². The molecule has 1 aliphatic rings. The minimum atomic E-state index is 0.682. The third-order valence-electron chi connectivity index (χ3n) is 3.87. The van der Waals surface area contributed by atoms with Crippen molar-refractivity contribution in [2.75, 3.05) is 14.2 Å². The number of benzene rings is 2. The summed E-state index contributed by atoms with van der Waals surface area (Å²) in [6, 6.07) is 15.0. The molecule has 3 heteroatoms. The molecular formula is C18H21NO2. The molecule has 0 aromatic heterocycles. The molecule has 21 heavy (non-hydrogen) atoms. The van der Waals surface area contributed by atoms with Gasteiger partial charge < -0.3 is 14.8 Å². The largest absolute Gasteiger partial charge is 0.497 e. The number of ether oxygens (including phenoxy) is 2. The Bertz CT molecular complexity index is 620. The molecule has 0 saturated heterocycles. The van der Waals surface area contributed by atoms with Crippen molar-refractivity contribution in [3.05, 3.63) is 48.0 Å². The standard InChI is InChI=1S/C18H21NO2/c1-20-15-9-10-16(13(11-15)12-19-14-7-8-14)17-5-3-4-6-18(17)21-2/h3-6,9-11,14,19H,7-8,12H2,1-2H3. The monoisotopic (exact) mass is 283 g/mol. The zero-order valence-electron chi connectivity index (χ0n) is 12.6. The van der Waals surface area contributed by atoms with Gasteiger partial charge in [-0.05, 0) is 42.2 Å². The Morgan fingerprint density at radius 2 is 1.81 bits per heavy atom. The molecule has 1 aliphatic carbocycles. The number of hydrogen-bond donors (Lipinski definition) is 1. The first-order chi connectivity index (χ1) is 10.3. The first-order valence-electron chi connectivity index (χ1n) is 7.35. The van der Waals surface area contributed by atoms with E-state index in [4.69, 9.17) is 9.47 Å². The third-order valence-corrected chi connectivity index (χ3v) is 3.87. The van der Waals surface area contributed by atoms with Gasteiger partial charge in [-0.1, -0.05) is 24.3 Å².